The zero-order valence-corrected chi connectivity index (χ0v) is 13.2. The van der Waals surface area contributed by atoms with Crippen LogP contribution in [0.2, 0.25) is 0 Å². The van der Waals surface area contributed by atoms with E-state index < -0.39 is 10.0 Å². The fourth-order valence-electron chi connectivity index (χ4n) is 1.95. The predicted molar refractivity (Wildman–Crippen MR) is 77.7 cm³/mol. The summed E-state index contributed by atoms with van der Waals surface area (Å²) in [5.41, 5.74) is 0.748. The zero-order valence-electron chi connectivity index (χ0n) is 9.94. The Bertz CT molecular complexity index is 516. The molecule has 1 atom stereocenters. The van der Waals surface area contributed by atoms with Crippen LogP contribution >= 0.6 is 28.3 Å². The molecule has 0 aromatic heterocycles. The molecule has 0 bridgehead atoms. The third kappa shape index (κ3) is 3.68. The van der Waals surface area contributed by atoms with E-state index in [0.717, 1.165) is 23.0 Å². The average molecular weight is 356 g/mol. The van der Waals surface area contributed by atoms with Crippen LogP contribution in [0.5, 0.6) is 0 Å². The van der Waals surface area contributed by atoms with Crippen LogP contribution < -0.4 is 10.0 Å². The molecule has 2 N–H and O–H groups in total. The van der Waals surface area contributed by atoms with E-state index in [1.165, 1.54) is 0 Å². The Kier molecular flexibility index (Phi) is 5.61. The summed E-state index contributed by atoms with van der Waals surface area (Å²) in [7, 11) is -3.40. The molecule has 1 unspecified atom stereocenters. The van der Waals surface area contributed by atoms with E-state index in [9.17, 15) is 8.42 Å². The Morgan fingerprint density at radius 1 is 1.44 bits per heavy atom. The van der Waals surface area contributed by atoms with Crippen LogP contribution in [-0.4, -0.2) is 27.5 Å². The molecule has 18 heavy (non-hydrogen) atoms. The molecule has 1 heterocycles. The molecule has 0 amide bonds. The number of hydrogen-bond donors (Lipinski definition) is 2. The molecule has 4 nitrogen and oxygen atoms in total. The summed E-state index contributed by atoms with van der Waals surface area (Å²) in [5, 5.41) is 3.14. The number of sulfonamides is 1. The number of halogens is 2. The molecule has 7 heteroatoms. The molecule has 0 spiro atoms. The summed E-state index contributed by atoms with van der Waals surface area (Å²) in [6, 6.07) is 5.18. The van der Waals surface area contributed by atoms with Gasteiger partial charge in [0.05, 0.1) is 4.90 Å². The van der Waals surface area contributed by atoms with E-state index in [0.29, 0.717) is 11.4 Å². The van der Waals surface area contributed by atoms with Crippen LogP contribution in [0.3, 0.4) is 0 Å². The van der Waals surface area contributed by atoms with Crippen molar-refractivity contribution in [2.75, 3.05) is 13.1 Å². The Hall–Kier alpha value is -0.140. The first kappa shape index (κ1) is 15.9. The minimum Gasteiger partial charge on any atom is -0.315 e. The molecule has 1 aromatic rings. The summed E-state index contributed by atoms with van der Waals surface area (Å²) in [5.74, 6) is 0. The summed E-state index contributed by atoms with van der Waals surface area (Å²) < 4.78 is 27.9. The molecule has 1 aromatic carbocycles. The van der Waals surface area contributed by atoms with Gasteiger partial charge >= 0.3 is 0 Å². The maximum atomic E-state index is 12.2. The SMILES string of the molecule is Cc1cc(Br)ccc1S(=O)(=O)NC1CCNC1.Cl. The van der Waals surface area contributed by atoms with Gasteiger partial charge < -0.3 is 5.32 Å². The second-order valence-electron chi connectivity index (χ2n) is 4.22. The van der Waals surface area contributed by atoms with Crippen LogP contribution in [-0.2, 0) is 10.0 Å². The van der Waals surface area contributed by atoms with Crippen molar-refractivity contribution in [1.29, 1.82) is 0 Å². The third-order valence-corrected chi connectivity index (χ3v) is 4.98. The zero-order chi connectivity index (χ0) is 12.5. The quantitative estimate of drug-likeness (QED) is 0.869. The highest BCUT2D eigenvalue weighted by Crippen LogP contribution is 2.20. The summed E-state index contributed by atoms with van der Waals surface area (Å²) in [4.78, 5) is 0.354. The predicted octanol–water partition coefficient (Wildman–Crippen LogP) is 1.82. The number of benzene rings is 1. The van der Waals surface area contributed by atoms with E-state index in [-0.39, 0.29) is 18.4 Å². The molecular formula is C11H16BrClN2O2S. The Morgan fingerprint density at radius 2 is 2.17 bits per heavy atom. The molecular weight excluding hydrogens is 340 g/mol. The van der Waals surface area contributed by atoms with Gasteiger partial charge in [-0.15, -0.1) is 12.4 Å². The molecule has 0 radical (unpaired) electrons. The van der Waals surface area contributed by atoms with Crippen molar-refractivity contribution in [1.82, 2.24) is 10.0 Å². The van der Waals surface area contributed by atoms with Gasteiger partial charge in [0.15, 0.2) is 0 Å². The monoisotopic (exact) mass is 354 g/mol. The maximum absolute atomic E-state index is 12.2. The maximum Gasteiger partial charge on any atom is 0.241 e. The summed E-state index contributed by atoms with van der Waals surface area (Å²) in [6.45, 7) is 3.37. The Balaban J connectivity index is 0.00000162. The highest BCUT2D eigenvalue weighted by Gasteiger charge is 2.23. The lowest BCUT2D eigenvalue weighted by Gasteiger charge is -2.13. The summed E-state index contributed by atoms with van der Waals surface area (Å²) >= 11 is 3.33. The first-order valence-corrected chi connectivity index (χ1v) is 7.76. The van der Waals surface area contributed by atoms with Gasteiger partial charge in [-0.1, -0.05) is 15.9 Å². The first-order valence-electron chi connectivity index (χ1n) is 5.48. The van der Waals surface area contributed by atoms with Crippen LogP contribution in [0.15, 0.2) is 27.6 Å². The van der Waals surface area contributed by atoms with Gasteiger partial charge in [0.25, 0.3) is 0 Å². The van der Waals surface area contributed by atoms with Crippen LogP contribution in [0, 0.1) is 6.92 Å². The number of hydrogen-bond acceptors (Lipinski definition) is 3. The van der Waals surface area contributed by atoms with E-state index in [2.05, 4.69) is 26.0 Å². The molecule has 0 saturated carbocycles. The van der Waals surface area contributed by atoms with Gasteiger partial charge in [-0.25, -0.2) is 13.1 Å². The van der Waals surface area contributed by atoms with Crippen LogP contribution in [0.1, 0.15) is 12.0 Å². The highest BCUT2D eigenvalue weighted by molar-refractivity contribution is 9.10. The van der Waals surface area contributed by atoms with Crippen molar-refractivity contribution >= 4 is 38.4 Å². The van der Waals surface area contributed by atoms with E-state index in [1.807, 2.05) is 6.07 Å². The molecule has 1 saturated heterocycles. The normalized spacial score (nSPS) is 19.6. The molecule has 1 fully saturated rings. The standard InChI is InChI=1S/C11H15BrN2O2S.ClH/c1-8-6-9(12)2-3-11(8)17(15,16)14-10-4-5-13-7-10;/h2-3,6,10,13-14H,4-5,7H2,1H3;1H. The molecule has 1 aliphatic heterocycles. The van der Waals surface area contributed by atoms with Crippen molar-refractivity contribution in [2.24, 2.45) is 0 Å². The van der Waals surface area contributed by atoms with Crippen molar-refractivity contribution in [3.8, 4) is 0 Å². The number of nitrogens with one attached hydrogen (secondary N) is 2. The first-order chi connectivity index (χ1) is 7.99. The topological polar surface area (TPSA) is 58.2 Å². The second-order valence-corrected chi connectivity index (χ2v) is 6.82. The lowest BCUT2D eigenvalue weighted by molar-refractivity contribution is 0.559. The largest absolute Gasteiger partial charge is 0.315 e. The van der Waals surface area contributed by atoms with E-state index >= 15 is 0 Å². The van der Waals surface area contributed by atoms with E-state index in [4.69, 9.17) is 0 Å². The smallest absolute Gasteiger partial charge is 0.241 e. The summed E-state index contributed by atoms with van der Waals surface area (Å²) in [6.07, 6.45) is 0.842. The van der Waals surface area contributed by atoms with Crippen LogP contribution in [0.25, 0.3) is 0 Å². The molecule has 0 aliphatic carbocycles. The fraction of sp³-hybridized carbons (Fsp3) is 0.455. The fourth-order valence-corrected chi connectivity index (χ4v) is 3.92. The Morgan fingerprint density at radius 3 is 2.72 bits per heavy atom. The van der Waals surface area contributed by atoms with Crippen molar-refractivity contribution in [2.45, 2.75) is 24.3 Å². The third-order valence-electron chi connectivity index (χ3n) is 2.81. The van der Waals surface area contributed by atoms with Gasteiger partial charge in [0, 0.05) is 17.1 Å². The van der Waals surface area contributed by atoms with Crippen molar-refractivity contribution < 1.29 is 8.42 Å². The van der Waals surface area contributed by atoms with Crippen LogP contribution in [0.4, 0.5) is 0 Å². The average Bonchev–Trinajstić information content (AvgIpc) is 2.68. The van der Waals surface area contributed by atoms with E-state index in [1.54, 1.807) is 19.1 Å². The molecule has 102 valence electrons. The van der Waals surface area contributed by atoms with Crippen molar-refractivity contribution in [3.63, 3.8) is 0 Å². The van der Waals surface area contributed by atoms with Crippen molar-refractivity contribution in [3.05, 3.63) is 28.2 Å². The highest BCUT2D eigenvalue weighted by atomic mass is 79.9. The lowest BCUT2D eigenvalue weighted by Crippen LogP contribution is -2.36. The molecule has 1 aliphatic rings. The lowest BCUT2D eigenvalue weighted by atomic mass is 10.2. The van der Waals surface area contributed by atoms with Gasteiger partial charge in [0.1, 0.15) is 0 Å². The second kappa shape index (κ2) is 6.34. The number of rotatable bonds is 3. The van der Waals surface area contributed by atoms with Gasteiger partial charge in [-0.2, -0.15) is 0 Å². The molecule has 2 rings (SSSR count). The minimum atomic E-state index is -3.40. The van der Waals surface area contributed by atoms with Gasteiger partial charge in [0.2, 0.25) is 10.0 Å². The Labute approximate surface area is 122 Å². The van der Waals surface area contributed by atoms with Gasteiger partial charge in [-0.05, 0) is 43.7 Å². The number of aryl methyl sites for hydroxylation is 1. The minimum absolute atomic E-state index is 0. The van der Waals surface area contributed by atoms with Gasteiger partial charge in [-0.3, -0.25) is 0 Å².